The van der Waals surface area contributed by atoms with E-state index in [1.54, 1.807) is 48.5 Å². The van der Waals surface area contributed by atoms with Gasteiger partial charge in [-0.25, -0.2) is 0 Å². The maximum absolute atomic E-state index is 12.9. The highest BCUT2D eigenvalue weighted by atomic mass is 32.2. The van der Waals surface area contributed by atoms with Crippen LogP contribution in [0.1, 0.15) is 27.5 Å². The van der Waals surface area contributed by atoms with E-state index in [-0.39, 0.29) is 17.7 Å². The summed E-state index contributed by atoms with van der Waals surface area (Å²) < 4.78 is 33.6. The van der Waals surface area contributed by atoms with Crippen molar-refractivity contribution in [1.29, 1.82) is 0 Å². The topological polar surface area (TPSA) is 130 Å². The van der Waals surface area contributed by atoms with Gasteiger partial charge in [0, 0.05) is 17.8 Å². The van der Waals surface area contributed by atoms with Crippen LogP contribution in [0.5, 0.6) is 0 Å². The highest BCUT2D eigenvalue weighted by Gasteiger charge is 2.32. The number of carbonyl (C=O) groups is 3. The summed E-state index contributed by atoms with van der Waals surface area (Å²) in [6, 6.07) is 30.9. The van der Waals surface area contributed by atoms with Crippen LogP contribution >= 0.6 is 0 Å². The summed E-state index contributed by atoms with van der Waals surface area (Å²) in [5, 5.41) is 3.34. The van der Waals surface area contributed by atoms with E-state index in [1.807, 2.05) is 36.4 Å². The third kappa shape index (κ3) is 7.70. The number of hydrogen-bond acceptors (Lipinski definition) is 5. The molecule has 1 unspecified atom stereocenters. The Hall–Kier alpha value is -4.60. The van der Waals surface area contributed by atoms with Crippen molar-refractivity contribution in [3.05, 3.63) is 131 Å². The van der Waals surface area contributed by atoms with Crippen LogP contribution in [0.25, 0.3) is 0 Å². The van der Waals surface area contributed by atoms with Crippen molar-refractivity contribution in [2.45, 2.75) is 18.1 Å². The van der Waals surface area contributed by atoms with Gasteiger partial charge >= 0.3 is 11.8 Å². The second kappa shape index (κ2) is 12.3. The van der Waals surface area contributed by atoms with Crippen molar-refractivity contribution >= 4 is 39.1 Å². The summed E-state index contributed by atoms with van der Waals surface area (Å²) >= 11 is 0. The largest absolute Gasteiger partial charge is 0.318 e. The molecule has 0 aliphatic heterocycles. The minimum absolute atomic E-state index is 0.152. The second-order valence-electron chi connectivity index (χ2n) is 8.92. The zero-order chi connectivity index (χ0) is 27.8. The SMILES string of the molecule is O=C(Nc1cccc(CC(=O)C(c2ccccc2)S(=O)(=O)O)c1)C(=O)Nc1cccc(Cc2ccccc2)c1. The van der Waals surface area contributed by atoms with Gasteiger partial charge in [-0.3, -0.25) is 18.9 Å². The molecule has 0 aliphatic carbocycles. The van der Waals surface area contributed by atoms with Crippen molar-refractivity contribution < 1.29 is 27.4 Å². The number of anilines is 2. The van der Waals surface area contributed by atoms with Crippen LogP contribution in [0, 0.1) is 0 Å². The minimum Gasteiger partial charge on any atom is -0.318 e. The average Bonchev–Trinajstić information content (AvgIpc) is 2.89. The van der Waals surface area contributed by atoms with Gasteiger partial charge in [-0.1, -0.05) is 84.9 Å². The summed E-state index contributed by atoms with van der Waals surface area (Å²) in [5.41, 5.74) is 3.36. The van der Waals surface area contributed by atoms with Gasteiger partial charge in [-0.05, 0) is 52.9 Å². The molecule has 0 aromatic heterocycles. The zero-order valence-corrected chi connectivity index (χ0v) is 21.6. The third-order valence-electron chi connectivity index (χ3n) is 5.90. The van der Waals surface area contributed by atoms with Crippen molar-refractivity contribution in [3.8, 4) is 0 Å². The maximum atomic E-state index is 12.9. The van der Waals surface area contributed by atoms with Crippen molar-refractivity contribution in [2.24, 2.45) is 0 Å². The predicted octanol–water partition coefficient (Wildman–Crippen LogP) is 4.60. The van der Waals surface area contributed by atoms with Gasteiger partial charge in [-0.2, -0.15) is 8.42 Å². The molecule has 1 atom stereocenters. The van der Waals surface area contributed by atoms with Gasteiger partial charge in [0.05, 0.1) is 0 Å². The van der Waals surface area contributed by atoms with Crippen LogP contribution in [0.2, 0.25) is 0 Å². The number of hydrogen-bond donors (Lipinski definition) is 3. The molecule has 0 saturated carbocycles. The third-order valence-corrected chi connectivity index (χ3v) is 7.03. The van der Waals surface area contributed by atoms with E-state index in [0.717, 1.165) is 11.1 Å². The van der Waals surface area contributed by atoms with Crippen LogP contribution < -0.4 is 10.6 Å². The lowest BCUT2D eigenvalue weighted by Gasteiger charge is -2.14. The van der Waals surface area contributed by atoms with E-state index >= 15 is 0 Å². The Bertz CT molecular complexity index is 1590. The highest BCUT2D eigenvalue weighted by Crippen LogP contribution is 2.25. The van der Waals surface area contributed by atoms with Crippen molar-refractivity contribution in [3.63, 3.8) is 0 Å². The van der Waals surface area contributed by atoms with Crippen molar-refractivity contribution in [2.75, 3.05) is 10.6 Å². The van der Waals surface area contributed by atoms with E-state index in [1.165, 1.54) is 24.3 Å². The monoisotopic (exact) mass is 542 g/mol. The molecule has 0 spiro atoms. The van der Waals surface area contributed by atoms with Gasteiger partial charge < -0.3 is 10.6 Å². The average molecular weight is 543 g/mol. The molecule has 8 nitrogen and oxygen atoms in total. The molecule has 198 valence electrons. The molecule has 4 aromatic carbocycles. The molecule has 0 heterocycles. The Morgan fingerprint density at radius 1 is 0.641 bits per heavy atom. The number of rotatable bonds is 9. The first-order valence-corrected chi connectivity index (χ1v) is 13.6. The molecule has 4 aromatic rings. The van der Waals surface area contributed by atoms with Gasteiger partial charge in [0.1, 0.15) is 0 Å². The van der Waals surface area contributed by atoms with Gasteiger partial charge in [0.15, 0.2) is 11.0 Å². The first kappa shape index (κ1) is 27.4. The fourth-order valence-corrected chi connectivity index (χ4v) is 5.09. The summed E-state index contributed by atoms with van der Waals surface area (Å²) in [6.07, 6.45) is 0.356. The Morgan fingerprint density at radius 2 is 1.13 bits per heavy atom. The lowest BCUT2D eigenvalue weighted by Crippen LogP contribution is -2.29. The van der Waals surface area contributed by atoms with Gasteiger partial charge in [0.25, 0.3) is 10.1 Å². The molecule has 9 heteroatoms. The lowest BCUT2D eigenvalue weighted by atomic mass is 10.0. The smallest absolute Gasteiger partial charge is 0.314 e. The fourth-order valence-electron chi connectivity index (χ4n) is 4.17. The quantitative estimate of drug-likeness (QED) is 0.209. The van der Waals surface area contributed by atoms with Crippen LogP contribution in [-0.4, -0.2) is 30.6 Å². The van der Waals surface area contributed by atoms with Crippen LogP contribution in [-0.2, 0) is 37.3 Å². The summed E-state index contributed by atoms with van der Waals surface area (Å²) in [5.74, 6) is -2.52. The Balaban J connectivity index is 1.40. The highest BCUT2D eigenvalue weighted by molar-refractivity contribution is 7.86. The predicted molar refractivity (Wildman–Crippen MR) is 149 cm³/mol. The van der Waals surface area contributed by atoms with Crippen LogP contribution in [0.3, 0.4) is 0 Å². The van der Waals surface area contributed by atoms with Crippen LogP contribution in [0.15, 0.2) is 109 Å². The van der Waals surface area contributed by atoms with E-state index in [4.69, 9.17) is 0 Å². The van der Waals surface area contributed by atoms with E-state index < -0.39 is 33.0 Å². The molecule has 0 bridgehead atoms. The molecule has 2 amide bonds. The summed E-state index contributed by atoms with van der Waals surface area (Å²) in [7, 11) is -4.70. The van der Waals surface area contributed by atoms with Crippen LogP contribution in [0.4, 0.5) is 11.4 Å². The van der Waals surface area contributed by atoms with E-state index in [0.29, 0.717) is 17.7 Å². The molecular weight excluding hydrogens is 516 g/mol. The Morgan fingerprint density at radius 3 is 1.69 bits per heavy atom. The summed E-state index contributed by atoms with van der Waals surface area (Å²) in [4.78, 5) is 37.9. The first-order chi connectivity index (χ1) is 18.7. The molecule has 0 saturated heterocycles. The van der Waals surface area contributed by atoms with Crippen molar-refractivity contribution in [1.82, 2.24) is 0 Å². The molecule has 4 rings (SSSR count). The Kier molecular flexibility index (Phi) is 8.65. The van der Waals surface area contributed by atoms with E-state index in [2.05, 4.69) is 10.6 Å². The maximum Gasteiger partial charge on any atom is 0.314 e. The Labute approximate surface area is 226 Å². The number of Topliss-reactive ketones (excluding diaryl/α,β-unsaturated/α-hetero) is 1. The zero-order valence-electron chi connectivity index (χ0n) is 20.8. The second-order valence-corrected chi connectivity index (χ2v) is 10.4. The number of carbonyl (C=O) groups excluding carboxylic acids is 3. The van der Waals surface area contributed by atoms with Gasteiger partial charge in [0.2, 0.25) is 0 Å². The molecule has 39 heavy (non-hydrogen) atoms. The normalized spacial score (nSPS) is 11.8. The standard InChI is InChI=1S/C30H26N2O6S/c33-27(28(39(36,37)38)24-13-5-2-6-14-24)20-23-12-8-16-26(19-23)32-30(35)29(34)31-25-15-7-11-22(18-25)17-21-9-3-1-4-10-21/h1-16,18-19,28H,17,20H2,(H,31,34)(H,32,35)(H,36,37,38). The number of ketones is 1. The molecule has 0 radical (unpaired) electrons. The number of benzene rings is 4. The first-order valence-electron chi connectivity index (χ1n) is 12.1. The summed E-state index contributed by atoms with van der Waals surface area (Å²) in [6.45, 7) is 0. The fraction of sp³-hybridized carbons (Fsp3) is 0.100. The lowest BCUT2D eigenvalue weighted by molar-refractivity contribution is -0.132. The number of nitrogens with one attached hydrogen (secondary N) is 2. The minimum atomic E-state index is -4.70. The molecule has 0 aliphatic rings. The molecule has 3 N–H and O–H groups in total. The van der Waals surface area contributed by atoms with Gasteiger partial charge in [-0.15, -0.1) is 0 Å². The van der Waals surface area contributed by atoms with E-state index in [9.17, 15) is 27.4 Å². The molecular formula is C30H26N2O6S. The molecule has 0 fully saturated rings. The number of amides is 2.